The van der Waals surface area contributed by atoms with Crippen molar-refractivity contribution in [3.63, 3.8) is 0 Å². The fraction of sp³-hybridized carbons (Fsp3) is 0.333. The van der Waals surface area contributed by atoms with Crippen LogP contribution in [0.2, 0.25) is 5.02 Å². The van der Waals surface area contributed by atoms with E-state index in [1.54, 1.807) is 42.7 Å². The minimum Gasteiger partial charge on any atom is -0.456 e. The number of rotatable bonds is 5. The third kappa shape index (κ3) is 3.86. The number of nitrogens with zero attached hydrogens (tertiary/aromatic N) is 1. The van der Waals surface area contributed by atoms with Crippen LogP contribution in [0.4, 0.5) is 0 Å². The van der Waals surface area contributed by atoms with E-state index in [9.17, 15) is 4.79 Å². The molecule has 1 saturated carbocycles. The van der Waals surface area contributed by atoms with Crippen LogP contribution in [0.3, 0.4) is 0 Å². The summed E-state index contributed by atoms with van der Waals surface area (Å²) in [5.41, 5.74) is 6.28. The molecule has 2 unspecified atom stereocenters. The summed E-state index contributed by atoms with van der Waals surface area (Å²) in [6.45, 7) is 0.602. The van der Waals surface area contributed by atoms with E-state index in [2.05, 4.69) is 10.3 Å². The first kappa shape index (κ1) is 16.7. The van der Waals surface area contributed by atoms with Gasteiger partial charge in [0.15, 0.2) is 0 Å². The van der Waals surface area contributed by atoms with Gasteiger partial charge in [0.1, 0.15) is 11.5 Å². The summed E-state index contributed by atoms with van der Waals surface area (Å²) in [6, 6.07) is 8.67. The number of pyridine rings is 1. The summed E-state index contributed by atoms with van der Waals surface area (Å²) >= 11 is 6.26. The average Bonchev–Trinajstić information content (AvgIpc) is 3.04. The van der Waals surface area contributed by atoms with Gasteiger partial charge in [-0.1, -0.05) is 18.0 Å². The quantitative estimate of drug-likeness (QED) is 0.870. The lowest BCUT2D eigenvalue weighted by molar-refractivity contribution is 0.0929. The van der Waals surface area contributed by atoms with Gasteiger partial charge in [-0.05, 0) is 55.6 Å². The minimum atomic E-state index is -0.127. The summed E-state index contributed by atoms with van der Waals surface area (Å²) in [5, 5.41) is 3.46. The number of ether oxygens (including phenoxy) is 1. The molecule has 5 nitrogen and oxygen atoms in total. The zero-order chi connectivity index (χ0) is 16.9. The van der Waals surface area contributed by atoms with Gasteiger partial charge in [0.05, 0.1) is 5.02 Å². The van der Waals surface area contributed by atoms with Crippen molar-refractivity contribution in [2.45, 2.75) is 25.3 Å². The van der Waals surface area contributed by atoms with Crippen molar-refractivity contribution >= 4 is 17.5 Å². The van der Waals surface area contributed by atoms with Gasteiger partial charge in [0.2, 0.25) is 0 Å². The van der Waals surface area contributed by atoms with Crippen LogP contribution in [0, 0.1) is 5.92 Å². The second-order valence-corrected chi connectivity index (χ2v) is 6.34. The Bertz CT molecular complexity index is 709. The zero-order valence-corrected chi connectivity index (χ0v) is 14.0. The number of nitrogens with one attached hydrogen (secondary N) is 1. The molecular formula is C18H20ClN3O2. The smallest absolute Gasteiger partial charge is 0.251 e. The molecule has 1 aliphatic carbocycles. The van der Waals surface area contributed by atoms with Crippen LogP contribution in [0.15, 0.2) is 42.7 Å². The zero-order valence-electron chi connectivity index (χ0n) is 13.2. The van der Waals surface area contributed by atoms with Crippen LogP contribution < -0.4 is 15.8 Å². The maximum Gasteiger partial charge on any atom is 0.251 e. The largest absolute Gasteiger partial charge is 0.456 e. The van der Waals surface area contributed by atoms with Gasteiger partial charge in [-0.25, -0.2) is 0 Å². The monoisotopic (exact) mass is 345 g/mol. The molecule has 1 aromatic carbocycles. The first-order valence-electron chi connectivity index (χ1n) is 8.05. The van der Waals surface area contributed by atoms with Crippen molar-refractivity contribution in [2.75, 3.05) is 6.54 Å². The summed E-state index contributed by atoms with van der Waals surface area (Å²) in [6.07, 6.45) is 6.43. The summed E-state index contributed by atoms with van der Waals surface area (Å²) in [4.78, 5) is 16.4. The number of carbonyl (C=O) groups excluding carboxylic acids is 1. The van der Waals surface area contributed by atoms with Crippen LogP contribution >= 0.6 is 11.6 Å². The first-order valence-corrected chi connectivity index (χ1v) is 8.43. The van der Waals surface area contributed by atoms with E-state index in [1.807, 2.05) is 0 Å². The predicted octanol–water partition coefficient (Wildman–Crippen LogP) is 3.38. The fourth-order valence-electron chi connectivity index (χ4n) is 3.02. The number of halogens is 1. The molecule has 1 aliphatic rings. The number of carbonyl (C=O) groups is 1. The lowest BCUT2D eigenvalue weighted by Crippen LogP contribution is -2.39. The van der Waals surface area contributed by atoms with Gasteiger partial charge in [-0.15, -0.1) is 0 Å². The molecule has 6 heteroatoms. The molecule has 3 rings (SSSR count). The predicted molar refractivity (Wildman–Crippen MR) is 93.4 cm³/mol. The highest BCUT2D eigenvalue weighted by Gasteiger charge is 2.27. The Morgan fingerprint density at radius 1 is 1.29 bits per heavy atom. The van der Waals surface area contributed by atoms with Gasteiger partial charge in [0, 0.05) is 24.0 Å². The van der Waals surface area contributed by atoms with Gasteiger partial charge < -0.3 is 15.8 Å². The number of benzene rings is 1. The van der Waals surface area contributed by atoms with Crippen molar-refractivity contribution in [3.05, 3.63) is 53.3 Å². The maximum atomic E-state index is 12.4. The molecule has 2 atom stereocenters. The van der Waals surface area contributed by atoms with E-state index in [0.29, 0.717) is 34.5 Å². The Labute approximate surface area is 146 Å². The van der Waals surface area contributed by atoms with Crippen LogP contribution in [-0.2, 0) is 0 Å². The molecule has 2 aromatic rings. The molecule has 1 fully saturated rings. The fourth-order valence-corrected chi connectivity index (χ4v) is 3.24. The van der Waals surface area contributed by atoms with E-state index in [-0.39, 0.29) is 11.9 Å². The number of hydrogen-bond acceptors (Lipinski definition) is 4. The number of aromatic nitrogens is 1. The first-order chi connectivity index (χ1) is 11.7. The third-order valence-corrected chi connectivity index (χ3v) is 4.65. The molecule has 1 heterocycles. The number of amides is 1. The van der Waals surface area contributed by atoms with Crippen LogP contribution in [-0.4, -0.2) is 23.5 Å². The van der Waals surface area contributed by atoms with Gasteiger partial charge in [0.25, 0.3) is 5.91 Å². The Hall–Kier alpha value is -2.11. The van der Waals surface area contributed by atoms with E-state index >= 15 is 0 Å². The van der Waals surface area contributed by atoms with Crippen LogP contribution in [0.5, 0.6) is 11.5 Å². The van der Waals surface area contributed by atoms with E-state index < -0.39 is 0 Å². The van der Waals surface area contributed by atoms with Crippen LogP contribution in [0.25, 0.3) is 0 Å². The highest BCUT2D eigenvalue weighted by molar-refractivity contribution is 6.32. The summed E-state index contributed by atoms with van der Waals surface area (Å²) in [5.74, 6) is 1.37. The highest BCUT2D eigenvalue weighted by Crippen LogP contribution is 2.30. The van der Waals surface area contributed by atoms with E-state index in [1.165, 1.54) is 0 Å². The molecular weight excluding hydrogens is 326 g/mol. The average molecular weight is 346 g/mol. The standard InChI is InChI=1S/C18H20ClN3O2/c19-15-10-12(18(23)22-16-3-1-2-13(16)11-20)4-5-17(15)24-14-6-8-21-9-7-14/h4-10,13,16H,1-3,11,20H2,(H,22,23). The molecule has 0 spiro atoms. The van der Waals surface area contributed by atoms with Crippen molar-refractivity contribution in [1.82, 2.24) is 10.3 Å². The van der Waals surface area contributed by atoms with Gasteiger partial charge in [-0.2, -0.15) is 0 Å². The molecule has 3 N–H and O–H groups in total. The highest BCUT2D eigenvalue weighted by atomic mass is 35.5. The molecule has 0 radical (unpaired) electrons. The Kier molecular flexibility index (Phi) is 5.33. The summed E-state index contributed by atoms with van der Waals surface area (Å²) < 4.78 is 5.69. The Morgan fingerprint density at radius 3 is 2.79 bits per heavy atom. The van der Waals surface area contributed by atoms with Crippen LogP contribution in [0.1, 0.15) is 29.6 Å². The topological polar surface area (TPSA) is 77.2 Å². The molecule has 126 valence electrons. The lowest BCUT2D eigenvalue weighted by Gasteiger charge is -2.19. The van der Waals surface area contributed by atoms with Crippen molar-refractivity contribution in [2.24, 2.45) is 11.7 Å². The number of nitrogens with two attached hydrogens (primary N) is 1. The Morgan fingerprint density at radius 2 is 2.08 bits per heavy atom. The molecule has 1 amide bonds. The molecule has 24 heavy (non-hydrogen) atoms. The molecule has 0 bridgehead atoms. The number of hydrogen-bond donors (Lipinski definition) is 2. The van der Waals surface area contributed by atoms with Gasteiger partial charge >= 0.3 is 0 Å². The SMILES string of the molecule is NCC1CCCC1NC(=O)c1ccc(Oc2ccncc2)c(Cl)c1. The second kappa shape index (κ2) is 7.64. The molecule has 1 aromatic heterocycles. The summed E-state index contributed by atoms with van der Waals surface area (Å²) in [7, 11) is 0. The lowest BCUT2D eigenvalue weighted by atomic mass is 10.0. The minimum absolute atomic E-state index is 0.127. The van der Waals surface area contributed by atoms with Crippen molar-refractivity contribution in [1.29, 1.82) is 0 Å². The van der Waals surface area contributed by atoms with E-state index in [0.717, 1.165) is 19.3 Å². The Balaban J connectivity index is 1.68. The second-order valence-electron chi connectivity index (χ2n) is 5.94. The van der Waals surface area contributed by atoms with E-state index in [4.69, 9.17) is 22.1 Å². The van der Waals surface area contributed by atoms with Gasteiger partial charge in [-0.3, -0.25) is 9.78 Å². The molecule has 0 saturated heterocycles. The maximum absolute atomic E-state index is 12.4. The third-order valence-electron chi connectivity index (χ3n) is 4.35. The molecule has 0 aliphatic heterocycles. The van der Waals surface area contributed by atoms with Crippen molar-refractivity contribution < 1.29 is 9.53 Å². The normalized spacial score (nSPS) is 19.9. The van der Waals surface area contributed by atoms with Crippen molar-refractivity contribution in [3.8, 4) is 11.5 Å².